The zero-order chi connectivity index (χ0) is 13.7. The molecule has 1 saturated carbocycles. The molecule has 4 heteroatoms. The zero-order valence-electron chi connectivity index (χ0n) is 11.3. The molecule has 0 aliphatic heterocycles. The van der Waals surface area contributed by atoms with E-state index in [0.717, 1.165) is 24.3 Å². The van der Waals surface area contributed by atoms with Crippen LogP contribution in [0.2, 0.25) is 5.02 Å². The van der Waals surface area contributed by atoms with E-state index in [1.54, 1.807) is 7.11 Å². The van der Waals surface area contributed by atoms with Crippen molar-refractivity contribution >= 4 is 11.6 Å². The lowest BCUT2D eigenvalue weighted by molar-refractivity contribution is 0.129. The fourth-order valence-corrected chi connectivity index (χ4v) is 3.01. The van der Waals surface area contributed by atoms with E-state index in [9.17, 15) is 0 Å². The molecular formula is C15H22ClNO2. The lowest BCUT2D eigenvalue weighted by Gasteiger charge is -2.39. The molecule has 1 fully saturated rings. The summed E-state index contributed by atoms with van der Waals surface area (Å²) in [6, 6.07) is 8.83. The van der Waals surface area contributed by atoms with E-state index in [0.29, 0.717) is 18.6 Å². The number of aliphatic hydroxyl groups is 1. The van der Waals surface area contributed by atoms with Crippen molar-refractivity contribution in [1.29, 1.82) is 0 Å². The molecule has 2 N–H and O–H groups in total. The van der Waals surface area contributed by atoms with Gasteiger partial charge in [0.15, 0.2) is 0 Å². The molecule has 2 rings (SSSR count). The molecule has 1 aromatic carbocycles. The number of benzene rings is 1. The lowest BCUT2D eigenvalue weighted by atomic mass is 9.75. The normalized spacial score (nSPS) is 23.9. The first-order valence-electron chi connectivity index (χ1n) is 6.84. The minimum absolute atomic E-state index is 0.196. The minimum Gasteiger partial charge on any atom is -0.396 e. The van der Waals surface area contributed by atoms with Crippen LogP contribution in [0.1, 0.15) is 30.7 Å². The summed E-state index contributed by atoms with van der Waals surface area (Å²) < 4.78 is 5.16. The highest BCUT2D eigenvalue weighted by molar-refractivity contribution is 6.31. The second kappa shape index (κ2) is 7.25. The molecule has 0 heterocycles. The molecule has 19 heavy (non-hydrogen) atoms. The van der Waals surface area contributed by atoms with Gasteiger partial charge in [-0.2, -0.15) is 0 Å². The third kappa shape index (κ3) is 3.93. The molecule has 0 spiro atoms. The Hall–Kier alpha value is -0.610. The van der Waals surface area contributed by atoms with Gasteiger partial charge >= 0.3 is 0 Å². The number of rotatable bonds is 7. The van der Waals surface area contributed by atoms with Crippen LogP contribution in [-0.2, 0) is 4.74 Å². The number of hydrogen-bond acceptors (Lipinski definition) is 3. The van der Waals surface area contributed by atoms with E-state index in [2.05, 4.69) is 11.4 Å². The summed E-state index contributed by atoms with van der Waals surface area (Å²) in [6.07, 6.45) is 2.95. The van der Waals surface area contributed by atoms with Gasteiger partial charge in [-0.3, -0.25) is 0 Å². The molecule has 1 unspecified atom stereocenters. The second-order valence-corrected chi connectivity index (χ2v) is 5.63. The zero-order valence-corrected chi connectivity index (χ0v) is 12.1. The van der Waals surface area contributed by atoms with Crippen molar-refractivity contribution in [1.82, 2.24) is 5.32 Å². The molecule has 0 bridgehead atoms. The third-order valence-electron chi connectivity index (χ3n) is 3.80. The van der Waals surface area contributed by atoms with E-state index in [1.807, 2.05) is 18.2 Å². The predicted molar refractivity (Wildman–Crippen MR) is 77.7 cm³/mol. The number of halogens is 1. The van der Waals surface area contributed by atoms with Crippen molar-refractivity contribution in [3.63, 3.8) is 0 Å². The summed E-state index contributed by atoms with van der Waals surface area (Å²) in [7, 11) is 1.69. The lowest BCUT2D eigenvalue weighted by Crippen LogP contribution is -2.47. The van der Waals surface area contributed by atoms with Crippen LogP contribution in [0.15, 0.2) is 24.3 Å². The standard InChI is InChI=1S/C15H22ClNO2/c1-19-10-12(6-7-18)17-13-8-11(9-13)14-4-2-3-5-15(14)16/h2-5,11-13,17-18H,6-10H2,1H3. The monoisotopic (exact) mass is 283 g/mol. The summed E-state index contributed by atoms with van der Waals surface area (Å²) in [5.74, 6) is 0.559. The highest BCUT2D eigenvalue weighted by Gasteiger charge is 2.32. The summed E-state index contributed by atoms with van der Waals surface area (Å²) in [6.45, 7) is 0.843. The maximum Gasteiger partial charge on any atom is 0.0616 e. The third-order valence-corrected chi connectivity index (χ3v) is 4.14. The number of nitrogens with one attached hydrogen (secondary N) is 1. The first kappa shape index (κ1) is 14.8. The van der Waals surface area contributed by atoms with Crippen molar-refractivity contribution in [2.45, 2.75) is 37.3 Å². The first-order chi connectivity index (χ1) is 9.24. The molecule has 0 radical (unpaired) electrons. The van der Waals surface area contributed by atoms with Crippen LogP contribution in [0.4, 0.5) is 0 Å². The van der Waals surface area contributed by atoms with Gasteiger partial charge in [0, 0.05) is 30.8 Å². The number of methoxy groups -OCH3 is 1. The van der Waals surface area contributed by atoms with E-state index in [1.165, 1.54) is 5.56 Å². The molecule has 1 aromatic rings. The Morgan fingerprint density at radius 3 is 2.79 bits per heavy atom. The van der Waals surface area contributed by atoms with Gasteiger partial charge in [-0.25, -0.2) is 0 Å². The average molecular weight is 284 g/mol. The Balaban J connectivity index is 1.81. The molecule has 106 valence electrons. The molecule has 1 aliphatic carbocycles. The maximum absolute atomic E-state index is 9.02. The second-order valence-electron chi connectivity index (χ2n) is 5.22. The molecule has 0 amide bonds. The maximum atomic E-state index is 9.02. The van der Waals surface area contributed by atoms with Gasteiger partial charge < -0.3 is 15.2 Å². The van der Waals surface area contributed by atoms with Crippen LogP contribution in [0.3, 0.4) is 0 Å². The molecule has 3 nitrogen and oxygen atoms in total. The Labute approximate surface area is 119 Å². The topological polar surface area (TPSA) is 41.5 Å². The summed E-state index contributed by atoms with van der Waals surface area (Å²) in [5.41, 5.74) is 1.26. The highest BCUT2D eigenvalue weighted by Crippen LogP contribution is 2.40. The number of ether oxygens (including phenoxy) is 1. The van der Waals surface area contributed by atoms with Gasteiger partial charge in [-0.1, -0.05) is 29.8 Å². The largest absolute Gasteiger partial charge is 0.396 e. The molecule has 1 atom stereocenters. The highest BCUT2D eigenvalue weighted by atomic mass is 35.5. The smallest absolute Gasteiger partial charge is 0.0616 e. The van der Waals surface area contributed by atoms with Crippen molar-refractivity contribution in [3.8, 4) is 0 Å². The fourth-order valence-electron chi connectivity index (χ4n) is 2.72. The molecule has 0 saturated heterocycles. The SMILES string of the molecule is COCC(CCO)NC1CC(c2ccccc2Cl)C1. The van der Waals surface area contributed by atoms with Gasteiger partial charge in [0.25, 0.3) is 0 Å². The number of aliphatic hydroxyl groups excluding tert-OH is 1. The van der Waals surface area contributed by atoms with Crippen LogP contribution in [0.25, 0.3) is 0 Å². The first-order valence-corrected chi connectivity index (χ1v) is 7.22. The van der Waals surface area contributed by atoms with Gasteiger partial charge in [0.1, 0.15) is 0 Å². The van der Waals surface area contributed by atoms with Crippen molar-refractivity contribution in [2.24, 2.45) is 0 Å². The predicted octanol–water partition coefficient (Wildman–Crippen LogP) is 2.57. The van der Waals surface area contributed by atoms with Crippen LogP contribution < -0.4 is 5.32 Å². The van der Waals surface area contributed by atoms with Crippen molar-refractivity contribution in [3.05, 3.63) is 34.9 Å². The molecular weight excluding hydrogens is 262 g/mol. The van der Waals surface area contributed by atoms with Crippen LogP contribution >= 0.6 is 11.6 Å². The number of hydrogen-bond donors (Lipinski definition) is 2. The van der Waals surface area contributed by atoms with Gasteiger partial charge in [-0.15, -0.1) is 0 Å². The Bertz CT molecular complexity index is 387. The Kier molecular flexibility index (Phi) is 5.64. The summed E-state index contributed by atoms with van der Waals surface area (Å²) >= 11 is 6.21. The van der Waals surface area contributed by atoms with Crippen molar-refractivity contribution in [2.75, 3.05) is 20.3 Å². The summed E-state index contributed by atoms with van der Waals surface area (Å²) in [5, 5.41) is 13.4. The van der Waals surface area contributed by atoms with E-state index >= 15 is 0 Å². The van der Waals surface area contributed by atoms with Crippen molar-refractivity contribution < 1.29 is 9.84 Å². The average Bonchev–Trinajstić information content (AvgIpc) is 2.35. The van der Waals surface area contributed by atoms with Crippen LogP contribution in [0, 0.1) is 0 Å². The summed E-state index contributed by atoms with van der Waals surface area (Å²) in [4.78, 5) is 0. The van der Waals surface area contributed by atoms with E-state index < -0.39 is 0 Å². The minimum atomic E-state index is 0.196. The van der Waals surface area contributed by atoms with Gasteiger partial charge in [0.05, 0.1) is 6.61 Å². The molecule has 0 aromatic heterocycles. The Morgan fingerprint density at radius 2 is 2.16 bits per heavy atom. The van der Waals surface area contributed by atoms with E-state index in [-0.39, 0.29) is 12.6 Å². The molecule has 1 aliphatic rings. The van der Waals surface area contributed by atoms with Crippen LogP contribution in [-0.4, -0.2) is 37.5 Å². The quantitative estimate of drug-likeness (QED) is 0.808. The van der Waals surface area contributed by atoms with Crippen LogP contribution in [0.5, 0.6) is 0 Å². The fraction of sp³-hybridized carbons (Fsp3) is 0.600. The Morgan fingerprint density at radius 1 is 1.42 bits per heavy atom. The van der Waals surface area contributed by atoms with Gasteiger partial charge in [-0.05, 0) is 36.8 Å². The van der Waals surface area contributed by atoms with E-state index in [4.69, 9.17) is 21.4 Å². The van der Waals surface area contributed by atoms with Gasteiger partial charge in [0.2, 0.25) is 0 Å².